The number of halogens is 1. The van der Waals surface area contributed by atoms with Crippen LogP contribution in [0.5, 0.6) is 0 Å². The monoisotopic (exact) mass is 306 g/mol. The van der Waals surface area contributed by atoms with E-state index < -0.39 is 10.0 Å². The van der Waals surface area contributed by atoms with Crippen molar-refractivity contribution in [3.8, 4) is 0 Å². The summed E-state index contributed by atoms with van der Waals surface area (Å²) < 4.78 is 28.5. The van der Waals surface area contributed by atoms with E-state index in [-0.39, 0.29) is 16.1 Å². The van der Waals surface area contributed by atoms with Gasteiger partial charge in [0.1, 0.15) is 10.0 Å². The molecule has 108 valence electrons. The summed E-state index contributed by atoms with van der Waals surface area (Å²) in [4.78, 5) is 0.0764. The van der Waals surface area contributed by atoms with Gasteiger partial charge in [-0.1, -0.05) is 18.0 Å². The van der Waals surface area contributed by atoms with E-state index in [1.54, 1.807) is 14.0 Å². The van der Waals surface area contributed by atoms with Crippen molar-refractivity contribution in [2.75, 3.05) is 13.1 Å². The summed E-state index contributed by atoms with van der Waals surface area (Å²) in [5.41, 5.74) is 0.414. The summed E-state index contributed by atoms with van der Waals surface area (Å²) in [7, 11) is -1.98. The van der Waals surface area contributed by atoms with E-state index >= 15 is 0 Å². The van der Waals surface area contributed by atoms with Crippen LogP contribution in [0.15, 0.2) is 4.90 Å². The Bertz CT molecular complexity index is 549. The fourth-order valence-electron chi connectivity index (χ4n) is 2.30. The van der Waals surface area contributed by atoms with Gasteiger partial charge in [0.15, 0.2) is 0 Å². The zero-order valence-corrected chi connectivity index (χ0v) is 12.7. The number of aryl methyl sites for hydroxylation is 2. The minimum Gasteiger partial charge on any atom is -0.313 e. The molecule has 1 aromatic heterocycles. The van der Waals surface area contributed by atoms with E-state index in [4.69, 9.17) is 11.6 Å². The number of nitrogens with one attached hydrogen (secondary N) is 2. The van der Waals surface area contributed by atoms with Crippen LogP contribution in [-0.2, 0) is 17.1 Å². The van der Waals surface area contributed by atoms with Gasteiger partial charge >= 0.3 is 0 Å². The Balaban J connectivity index is 2.09. The molecule has 0 bridgehead atoms. The first kappa shape index (κ1) is 14.8. The molecular formula is C11H19ClN4O2S. The van der Waals surface area contributed by atoms with E-state index in [1.165, 1.54) is 4.68 Å². The first-order chi connectivity index (χ1) is 8.92. The third-order valence-electron chi connectivity index (χ3n) is 3.30. The summed E-state index contributed by atoms with van der Waals surface area (Å²) >= 11 is 5.99. The fourth-order valence-corrected chi connectivity index (χ4v) is 4.12. The molecule has 2 heterocycles. The molecule has 0 saturated carbocycles. The van der Waals surface area contributed by atoms with Gasteiger partial charge in [-0.25, -0.2) is 13.1 Å². The second-order valence-corrected chi connectivity index (χ2v) is 6.89. The average molecular weight is 307 g/mol. The van der Waals surface area contributed by atoms with Crippen LogP contribution in [0.1, 0.15) is 25.0 Å². The molecule has 0 aliphatic carbocycles. The standard InChI is InChI=1S/C11H19ClN4O2S/c1-8-10(11(12)16(2)15-8)19(17,18)14-7-9-5-3-4-6-13-9/h9,13-14H,3-7H2,1-2H3. The van der Waals surface area contributed by atoms with Crippen LogP contribution in [0, 0.1) is 6.92 Å². The van der Waals surface area contributed by atoms with Crippen LogP contribution < -0.4 is 10.0 Å². The molecule has 1 aromatic rings. The van der Waals surface area contributed by atoms with E-state index in [9.17, 15) is 8.42 Å². The molecule has 0 spiro atoms. The van der Waals surface area contributed by atoms with Crippen LogP contribution in [0.3, 0.4) is 0 Å². The number of sulfonamides is 1. The molecule has 0 amide bonds. The van der Waals surface area contributed by atoms with Crippen LogP contribution in [0.4, 0.5) is 0 Å². The highest BCUT2D eigenvalue weighted by molar-refractivity contribution is 7.89. The Morgan fingerprint density at radius 3 is 2.79 bits per heavy atom. The average Bonchev–Trinajstić information content (AvgIpc) is 2.63. The van der Waals surface area contributed by atoms with Gasteiger partial charge < -0.3 is 5.32 Å². The number of rotatable bonds is 4. The van der Waals surface area contributed by atoms with Crippen molar-refractivity contribution < 1.29 is 8.42 Å². The molecule has 0 aromatic carbocycles. The summed E-state index contributed by atoms with van der Waals surface area (Å²) in [5, 5.41) is 7.46. The van der Waals surface area contributed by atoms with Crippen LogP contribution in [0.2, 0.25) is 5.15 Å². The van der Waals surface area contributed by atoms with Crippen molar-refractivity contribution in [1.29, 1.82) is 0 Å². The molecular weight excluding hydrogens is 288 g/mol. The maximum atomic E-state index is 12.3. The predicted molar refractivity (Wildman–Crippen MR) is 73.8 cm³/mol. The van der Waals surface area contributed by atoms with Crippen LogP contribution in [-0.4, -0.2) is 37.3 Å². The molecule has 1 aliphatic heterocycles. The lowest BCUT2D eigenvalue weighted by Crippen LogP contribution is -2.43. The van der Waals surface area contributed by atoms with Gasteiger partial charge in [0.05, 0.1) is 5.69 Å². The van der Waals surface area contributed by atoms with E-state index in [0.29, 0.717) is 12.2 Å². The third-order valence-corrected chi connectivity index (χ3v) is 5.42. The Labute approximate surface area is 118 Å². The first-order valence-electron chi connectivity index (χ1n) is 6.34. The van der Waals surface area contributed by atoms with Crippen LogP contribution >= 0.6 is 11.6 Å². The van der Waals surface area contributed by atoms with Crippen molar-refractivity contribution in [3.63, 3.8) is 0 Å². The number of hydrogen-bond donors (Lipinski definition) is 2. The highest BCUT2D eigenvalue weighted by Gasteiger charge is 2.26. The number of piperidine rings is 1. The molecule has 1 aliphatic rings. The summed E-state index contributed by atoms with van der Waals surface area (Å²) in [6.45, 7) is 2.96. The van der Waals surface area contributed by atoms with Gasteiger partial charge in [-0.15, -0.1) is 0 Å². The SMILES string of the molecule is Cc1nn(C)c(Cl)c1S(=O)(=O)NCC1CCCCN1. The summed E-state index contributed by atoms with van der Waals surface area (Å²) in [6.07, 6.45) is 3.27. The summed E-state index contributed by atoms with van der Waals surface area (Å²) in [5.74, 6) is 0. The predicted octanol–water partition coefficient (Wildman–Crippen LogP) is 0.802. The Kier molecular flexibility index (Phi) is 4.50. The quantitative estimate of drug-likeness (QED) is 0.863. The van der Waals surface area contributed by atoms with E-state index in [0.717, 1.165) is 25.8 Å². The van der Waals surface area contributed by atoms with Crippen molar-refractivity contribution >= 4 is 21.6 Å². The van der Waals surface area contributed by atoms with Gasteiger partial charge in [0.2, 0.25) is 10.0 Å². The van der Waals surface area contributed by atoms with Crippen molar-refractivity contribution in [3.05, 3.63) is 10.8 Å². The molecule has 8 heteroatoms. The second kappa shape index (κ2) is 5.78. The second-order valence-electron chi connectivity index (χ2n) is 4.83. The zero-order chi connectivity index (χ0) is 14.0. The van der Waals surface area contributed by atoms with Gasteiger partial charge in [-0.3, -0.25) is 4.68 Å². The molecule has 2 rings (SSSR count). The smallest absolute Gasteiger partial charge is 0.245 e. The highest BCUT2D eigenvalue weighted by atomic mass is 35.5. The maximum absolute atomic E-state index is 12.3. The Morgan fingerprint density at radius 1 is 1.53 bits per heavy atom. The first-order valence-corrected chi connectivity index (χ1v) is 8.20. The lowest BCUT2D eigenvalue weighted by Gasteiger charge is -2.23. The van der Waals surface area contributed by atoms with Gasteiger partial charge in [0, 0.05) is 19.6 Å². The van der Waals surface area contributed by atoms with E-state index in [1.807, 2.05) is 0 Å². The number of nitrogens with zero attached hydrogens (tertiary/aromatic N) is 2. The largest absolute Gasteiger partial charge is 0.313 e. The van der Waals surface area contributed by atoms with E-state index in [2.05, 4.69) is 15.1 Å². The molecule has 1 fully saturated rings. The maximum Gasteiger partial charge on any atom is 0.245 e. The molecule has 19 heavy (non-hydrogen) atoms. The molecule has 6 nitrogen and oxygen atoms in total. The lowest BCUT2D eigenvalue weighted by molar-refractivity contribution is 0.398. The minimum atomic E-state index is -3.61. The molecule has 1 unspecified atom stereocenters. The molecule has 1 atom stereocenters. The van der Waals surface area contributed by atoms with Crippen molar-refractivity contribution in [1.82, 2.24) is 19.8 Å². The minimum absolute atomic E-state index is 0.0764. The Morgan fingerprint density at radius 2 is 2.26 bits per heavy atom. The molecule has 1 saturated heterocycles. The van der Waals surface area contributed by atoms with Gasteiger partial charge in [0.25, 0.3) is 0 Å². The number of hydrogen-bond acceptors (Lipinski definition) is 4. The topological polar surface area (TPSA) is 76.0 Å². The van der Waals surface area contributed by atoms with Crippen molar-refractivity contribution in [2.24, 2.45) is 7.05 Å². The Hall–Kier alpha value is -0.630. The van der Waals surface area contributed by atoms with Gasteiger partial charge in [-0.2, -0.15) is 5.10 Å². The third kappa shape index (κ3) is 3.28. The highest BCUT2D eigenvalue weighted by Crippen LogP contribution is 2.23. The zero-order valence-electron chi connectivity index (χ0n) is 11.1. The molecule has 0 radical (unpaired) electrons. The fraction of sp³-hybridized carbons (Fsp3) is 0.727. The summed E-state index contributed by atoms with van der Waals surface area (Å²) in [6, 6.07) is 0.194. The van der Waals surface area contributed by atoms with Gasteiger partial charge in [-0.05, 0) is 26.3 Å². The lowest BCUT2D eigenvalue weighted by atomic mass is 10.1. The molecule has 2 N–H and O–H groups in total. The van der Waals surface area contributed by atoms with Crippen LogP contribution in [0.25, 0.3) is 0 Å². The van der Waals surface area contributed by atoms with Crippen molar-refractivity contribution in [2.45, 2.75) is 37.1 Å². The number of aromatic nitrogens is 2. The normalized spacial score (nSPS) is 20.7.